The van der Waals surface area contributed by atoms with Crippen LogP contribution in [-0.4, -0.2) is 12.6 Å². The molecule has 1 unspecified atom stereocenters. The van der Waals surface area contributed by atoms with E-state index in [0.29, 0.717) is 46.6 Å². The number of hydrogen-bond acceptors (Lipinski definition) is 7. The molecule has 7 nitrogen and oxygen atoms in total. The van der Waals surface area contributed by atoms with Gasteiger partial charge < -0.3 is 24.7 Å². The highest BCUT2D eigenvalue weighted by Gasteiger charge is 2.31. The van der Waals surface area contributed by atoms with Gasteiger partial charge in [0, 0.05) is 22.7 Å². The first-order chi connectivity index (χ1) is 20.9. The lowest BCUT2D eigenvalue weighted by atomic mass is 9.83. The molecular weight excluding hydrogens is 564 g/mol. The zero-order valence-corrected chi connectivity index (χ0v) is 24.4. The largest absolute Gasteiger partial charge is 0.490 e. The van der Waals surface area contributed by atoms with Gasteiger partial charge in [-0.15, -0.1) is 0 Å². The minimum atomic E-state index is -0.587. The Morgan fingerprint density at radius 1 is 1.02 bits per heavy atom. The number of nitrogens with two attached hydrogens (primary N) is 1. The van der Waals surface area contributed by atoms with Gasteiger partial charge in [-0.2, -0.15) is 5.26 Å². The molecule has 0 bridgehead atoms. The second kappa shape index (κ2) is 13.2. The van der Waals surface area contributed by atoms with E-state index in [-0.39, 0.29) is 17.2 Å². The molecule has 8 heteroatoms. The number of esters is 1. The highest BCUT2D eigenvalue weighted by Crippen LogP contribution is 2.45. The quantitative estimate of drug-likeness (QED) is 0.122. The van der Waals surface area contributed by atoms with Crippen LogP contribution in [0.15, 0.2) is 102 Å². The lowest BCUT2D eigenvalue weighted by Crippen LogP contribution is -2.21. The molecule has 0 aliphatic carbocycles. The van der Waals surface area contributed by atoms with Gasteiger partial charge in [0.2, 0.25) is 5.88 Å². The number of ether oxygens (including phenoxy) is 4. The van der Waals surface area contributed by atoms with Gasteiger partial charge in [0.1, 0.15) is 29.7 Å². The fourth-order valence-electron chi connectivity index (χ4n) is 4.70. The Balaban J connectivity index is 1.40. The molecule has 2 N–H and O–H groups in total. The van der Waals surface area contributed by atoms with Crippen LogP contribution in [0.3, 0.4) is 0 Å². The standard InChI is InChI=1S/C35H29ClN2O5/c1-3-40-32-18-25(12-16-30(32)41-21-23-10-8-22(2)9-11-23)34-27-15-14-26(19-31(27)43-35(38)28(34)20-37)42-33(39)17-13-24-6-4-5-7-29(24)36/h4-19,34H,3,21,38H2,1-2H3/b17-13+. The summed E-state index contributed by atoms with van der Waals surface area (Å²) >= 11 is 6.16. The van der Waals surface area contributed by atoms with Crippen LogP contribution in [0.5, 0.6) is 23.0 Å². The van der Waals surface area contributed by atoms with E-state index in [1.54, 1.807) is 36.4 Å². The molecule has 5 rings (SSSR count). The van der Waals surface area contributed by atoms with Gasteiger partial charge >= 0.3 is 5.97 Å². The summed E-state index contributed by atoms with van der Waals surface area (Å²) in [6, 6.07) is 28.0. The molecule has 4 aromatic carbocycles. The van der Waals surface area contributed by atoms with Crippen molar-refractivity contribution in [3.05, 3.63) is 135 Å². The number of benzene rings is 4. The minimum absolute atomic E-state index is 0.0280. The Hall–Kier alpha value is -5.19. The molecule has 0 amide bonds. The van der Waals surface area contributed by atoms with Crippen molar-refractivity contribution in [3.8, 4) is 29.1 Å². The van der Waals surface area contributed by atoms with Crippen LogP contribution >= 0.6 is 11.6 Å². The van der Waals surface area contributed by atoms with Crippen LogP contribution in [-0.2, 0) is 11.4 Å². The van der Waals surface area contributed by atoms with Gasteiger partial charge in [-0.05, 0) is 60.9 Å². The fraction of sp³-hybridized carbons (Fsp3) is 0.143. The van der Waals surface area contributed by atoms with Crippen molar-refractivity contribution in [1.82, 2.24) is 0 Å². The van der Waals surface area contributed by atoms with E-state index in [2.05, 4.69) is 6.07 Å². The van der Waals surface area contributed by atoms with Gasteiger partial charge in [0.15, 0.2) is 11.5 Å². The zero-order chi connectivity index (χ0) is 30.3. The van der Waals surface area contributed by atoms with E-state index in [9.17, 15) is 10.1 Å². The van der Waals surface area contributed by atoms with Gasteiger partial charge in [-0.25, -0.2) is 4.79 Å². The number of nitriles is 1. The number of nitrogens with zero attached hydrogens (tertiary/aromatic N) is 1. The first-order valence-corrected chi connectivity index (χ1v) is 14.0. The van der Waals surface area contributed by atoms with Crippen LogP contribution in [0.25, 0.3) is 6.08 Å². The molecule has 216 valence electrons. The fourth-order valence-corrected chi connectivity index (χ4v) is 4.90. The van der Waals surface area contributed by atoms with Crippen LogP contribution in [0.4, 0.5) is 0 Å². The maximum Gasteiger partial charge on any atom is 0.336 e. The Morgan fingerprint density at radius 2 is 1.81 bits per heavy atom. The Morgan fingerprint density at radius 3 is 2.56 bits per heavy atom. The highest BCUT2D eigenvalue weighted by molar-refractivity contribution is 6.32. The minimum Gasteiger partial charge on any atom is -0.490 e. The SMILES string of the molecule is CCOc1cc(C2C(C#N)=C(N)Oc3cc(OC(=O)/C=C/c4ccccc4Cl)ccc32)ccc1OCc1ccc(C)cc1. The molecule has 1 atom stereocenters. The van der Waals surface area contributed by atoms with E-state index in [4.69, 9.17) is 36.3 Å². The van der Waals surface area contributed by atoms with Crippen LogP contribution < -0.4 is 24.7 Å². The van der Waals surface area contributed by atoms with Crippen molar-refractivity contribution in [2.75, 3.05) is 6.61 Å². The van der Waals surface area contributed by atoms with E-state index < -0.39 is 11.9 Å². The Bertz CT molecular complexity index is 1760. The van der Waals surface area contributed by atoms with Crippen molar-refractivity contribution < 1.29 is 23.7 Å². The number of halogens is 1. The zero-order valence-electron chi connectivity index (χ0n) is 23.7. The second-order valence-corrected chi connectivity index (χ2v) is 10.2. The average Bonchev–Trinajstić information content (AvgIpc) is 3.00. The normalized spacial score (nSPS) is 14.0. The maximum atomic E-state index is 12.5. The third-order valence-electron chi connectivity index (χ3n) is 6.83. The number of aryl methyl sites for hydroxylation is 1. The predicted octanol–water partition coefficient (Wildman–Crippen LogP) is 7.46. The maximum absolute atomic E-state index is 12.5. The smallest absolute Gasteiger partial charge is 0.336 e. The molecule has 0 spiro atoms. The first kappa shape index (κ1) is 29.3. The monoisotopic (exact) mass is 592 g/mol. The Labute approximate surface area is 255 Å². The summed E-state index contributed by atoms with van der Waals surface area (Å²) in [4.78, 5) is 12.5. The molecule has 1 heterocycles. The molecule has 43 heavy (non-hydrogen) atoms. The van der Waals surface area contributed by atoms with E-state index in [1.165, 1.54) is 11.6 Å². The molecule has 4 aromatic rings. The van der Waals surface area contributed by atoms with Crippen molar-refractivity contribution in [1.29, 1.82) is 5.26 Å². The van der Waals surface area contributed by atoms with Crippen LogP contribution in [0, 0.1) is 18.3 Å². The van der Waals surface area contributed by atoms with Crippen molar-refractivity contribution in [2.24, 2.45) is 5.73 Å². The summed E-state index contributed by atoms with van der Waals surface area (Å²) in [5.41, 5.74) is 10.8. The third-order valence-corrected chi connectivity index (χ3v) is 7.17. The van der Waals surface area contributed by atoms with Gasteiger partial charge in [0.25, 0.3) is 0 Å². The van der Waals surface area contributed by atoms with E-state index in [0.717, 1.165) is 11.1 Å². The molecule has 0 saturated heterocycles. The number of allylic oxidation sites excluding steroid dienone is 1. The van der Waals surface area contributed by atoms with Crippen molar-refractivity contribution in [3.63, 3.8) is 0 Å². The van der Waals surface area contributed by atoms with Gasteiger partial charge in [-0.3, -0.25) is 0 Å². The molecule has 1 aliphatic rings. The molecule has 0 saturated carbocycles. The van der Waals surface area contributed by atoms with E-state index >= 15 is 0 Å². The number of carbonyl (C=O) groups is 1. The number of carbonyl (C=O) groups excluding carboxylic acids is 1. The topological polar surface area (TPSA) is 104 Å². The average molecular weight is 593 g/mol. The molecule has 0 radical (unpaired) electrons. The summed E-state index contributed by atoms with van der Waals surface area (Å²) in [6.07, 6.45) is 2.88. The summed E-state index contributed by atoms with van der Waals surface area (Å²) in [6.45, 7) is 4.74. The summed E-state index contributed by atoms with van der Waals surface area (Å²) in [7, 11) is 0. The van der Waals surface area contributed by atoms with Crippen molar-refractivity contribution in [2.45, 2.75) is 26.4 Å². The number of rotatable bonds is 9. The first-order valence-electron chi connectivity index (χ1n) is 13.7. The third kappa shape index (κ3) is 6.83. The van der Waals surface area contributed by atoms with Crippen LogP contribution in [0.2, 0.25) is 5.02 Å². The molecular formula is C35H29ClN2O5. The molecule has 0 fully saturated rings. The number of fused-ring (bicyclic) bond motifs is 1. The predicted molar refractivity (Wildman–Crippen MR) is 165 cm³/mol. The summed E-state index contributed by atoms with van der Waals surface area (Å²) in [5, 5.41) is 10.5. The van der Waals surface area contributed by atoms with Crippen LogP contribution in [0.1, 0.15) is 40.7 Å². The van der Waals surface area contributed by atoms with Gasteiger partial charge in [0.05, 0.1) is 12.5 Å². The lowest BCUT2D eigenvalue weighted by Gasteiger charge is -2.27. The van der Waals surface area contributed by atoms with E-state index in [1.807, 2.05) is 68.4 Å². The highest BCUT2D eigenvalue weighted by atomic mass is 35.5. The molecule has 1 aliphatic heterocycles. The van der Waals surface area contributed by atoms with Gasteiger partial charge in [-0.1, -0.05) is 71.8 Å². The lowest BCUT2D eigenvalue weighted by molar-refractivity contribution is -0.128. The Kier molecular flexibility index (Phi) is 8.99. The summed E-state index contributed by atoms with van der Waals surface area (Å²) < 4.78 is 23.3. The molecule has 0 aromatic heterocycles. The van der Waals surface area contributed by atoms with Crippen molar-refractivity contribution >= 4 is 23.6 Å². The number of hydrogen-bond donors (Lipinski definition) is 1. The summed E-state index contributed by atoms with van der Waals surface area (Å²) in [5.74, 6) is 0.613. The second-order valence-electron chi connectivity index (χ2n) is 9.81.